The van der Waals surface area contributed by atoms with Gasteiger partial charge in [-0.2, -0.15) is 0 Å². The van der Waals surface area contributed by atoms with Gasteiger partial charge in [-0.25, -0.2) is 0 Å². The quantitative estimate of drug-likeness (QED) is 0.534. The molecular weight excluding hydrogens is 166 g/mol. The maximum absolute atomic E-state index is 9.73. The van der Waals surface area contributed by atoms with Crippen LogP contribution in [0.3, 0.4) is 0 Å². The molecule has 0 saturated carbocycles. The predicted octanol–water partition coefficient (Wildman–Crippen LogP) is 2.44. The maximum atomic E-state index is 9.73. The van der Waals surface area contributed by atoms with Crippen LogP contribution >= 0.6 is 0 Å². The normalized spacial score (nSPS) is 15.1. The van der Waals surface area contributed by atoms with E-state index in [0.717, 1.165) is 12.1 Å². The van der Waals surface area contributed by atoms with Gasteiger partial charge in [0, 0.05) is 5.71 Å². The third kappa shape index (κ3) is 4.67. The van der Waals surface area contributed by atoms with E-state index < -0.39 is 13.8 Å². The molecule has 0 spiro atoms. The van der Waals surface area contributed by atoms with E-state index in [9.17, 15) is 5.11 Å². The fraction of sp³-hybridized carbons (Fsp3) is 0.889. The van der Waals surface area contributed by atoms with Gasteiger partial charge in [0.15, 0.2) is 8.24 Å². The fourth-order valence-corrected chi connectivity index (χ4v) is 2.29. The highest BCUT2D eigenvalue weighted by molar-refractivity contribution is 6.75. The van der Waals surface area contributed by atoms with Crippen LogP contribution in [-0.2, 0) is 0 Å². The predicted molar refractivity (Wildman–Crippen MR) is 57.4 cm³/mol. The molecule has 0 rings (SSSR count). The van der Waals surface area contributed by atoms with E-state index in [1.165, 1.54) is 0 Å². The molecule has 2 nitrogen and oxygen atoms in total. The Morgan fingerprint density at radius 2 is 1.75 bits per heavy atom. The van der Waals surface area contributed by atoms with E-state index in [4.69, 9.17) is 0 Å². The summed E-state index contributed by atoms with van der Waals surface area (Å²) < 4.78 is 4.60. The summed E-state index contributed by atoms with van der Waals surface area (Å²) in [6.07, 6.45) is 0.841. The summed E-state index contributed by atoms with van der Waals surface area (Å²) in [5.74, 6) is 0. The Hall–Kier alpha value is -0.153. The van der Waals surface area contributed by atoms with Gasteiger partial charge < -0.3 is 9.76 Å². The summed E-state index contributed by atoms with van der Waals surface area (Å²) >= 11 is 0. The standard InChI is InChI=1S/C9H21NOSi/c1-7-8(9(2,3)11)10-12(4,5)6/h11H,7H2,1-6H3. The van der Waals surface area contributed by atoms with Crippen LogP contribution in [0, 0.1) is 0 Å². The van der Waals surface area contributed by atoms with Gasteiger partial charge in [-0.1, -0.05) is 6.92 Å². The third-order valence-electron chi connectivity index (χ3n) is 1.51. The second-order valence-electron chi connectivity index (χ2n) is 4.64. The molecule has 3 heteroatoms. The minimum absolute atomic E-state index is 0.741. The molecule has 0 aromatic carbocycles. The number of aliphatic hydroxyl groups is 1. The largest absolute Gasteiger partial charge is 0.385 e. The van der Waals surface area contributed by atoms with Crippen molar-refractivity contribution in [1.29, 1.82) is 0 Å². The van der Waals surface area contributed by atoms with Gasteiger partial charge in [-0.05, 0) is 39.9 Å². The van der Waals surface area contributed by atoms with Gasteiger partial charge >= 0.3 is 0 Å². The van der Waals surface area contributed by atoms with E-state index >= 15 is 0 Å². The van der Waals surface area contributed by atoms with E-state index in [2.05, 4.69) is 24.3 Å². The van der Waals surface area contributed by atoms with Crippen molar-refractivity contribution in [3.8, 4) is 0 Å². The Balaban J connectivity index is 4.68. The zero-order chi connectivity index (χ0) is 9.99. The van der Waals surface area contributed by atoms with Crippen LogP contribution < -0.4 is 0 Å². The number of hydrogen-bond donors (Lipinski definition) is 1. The van der Waals surface area contributed by atoms with Crippen molar-refractivity contribution < 1.29 is 5.11 Å². The highest BCUT2D eigenvalue weighted by atomic mass is 28.3. The Morgan fingerprint density at radius 1 is 1.33 bits per heavy atom. The fourth-order valence-electron chi connectivity index (χ4n) is 1.05. The van der Waals surface area contributed by atoms with Crippen LogP contribution in [0.5, 0.6) is 0 Å². The molecule has 0 aromatic heterocycles. The van der Waals surface area contributed by atoms with Gasteiger partial charge in [0.25, 0.3) is 0 Å². The van der Waals surface area contributed by atoms with Crippen molar-refractivity contribution >= 4 is 13.9 Å². The lowest BCUT2D eigenvalue weighted by atomic mass is 10.0. The molecule has 0 aromatic rings. The van der Waals surface area contributed by atoms with E-state index in [1.54, 1.807) is 13.8 Å². The number of nitrogens with zero attached hydrogens (tertiary/aromatic N) is 1. The first-order valence-electron chi connectivity index (χ1n) is 4.48. The zero-order valence-electron chi connectivity index (χ0n) is 9.10. The van der Waals surface area contributed by atoms with Gasteiger partial charge in [0.05, 0.1) is 5.60 Å². The van der Waals surface area contributed by atoms with Gasteiger partial charge in [-0.3, -0.25) is 0 Å². The highest BCUT2D eigenvalue weighted by Crippen LogP contribution is 2.12. The molecular formula is C9H21NOSi. The molecule has 72 valence electrons. The highest BCUT2D eigenvalue weighted by Gasteiger charge is 2.22. The van der Waals surface area contributed by atoms with Crippen LogP contribution in [0.4, 0.5) is 0 Å². The molecule has 0 heterocycles. The van der Waals surface area contributed by atoms with Crippen molar-refractivity contribution in [2.45, 2.75) is 52.4 Å². The summed E-state index contributed by atoms with van der Waals surface area (Å²) in [4.78, 5) is 0. The smallest absolute Gasteiger partial charge is 0.172 e. The zero-order valence-corrected chi connectivity index (χ0v) is 10.1. The Morgan fingerprint density at radius 3 is 1.83 bits per heavy atom. The molecule has 0 aliphatic heterocycles. The summed E-state index contributed by atoms with van der Waals surface area (Å²) in [6.45, 7) is 12.2. The molecule has 0 unspecified atom stereocenters. The molecule has 0 amide bonds. The topological polar surface area (TPSA) is 32.6 Å². The van der Waals surface area contributed by atoms with Crippen LogP contribution in [0.2, 0.25) is 19.6 Å². The van der Waals surface area contributed by atoms with Gasteiger partial charge in [0.1, 0.15) is 0 Å². The first kappa shape index (κ1) is 11.8. The van der Waals surface area contributed by atoms with Crippen molar-refractivity contribution in [2.24, 2.45) is 4.66 Å². The summed E-state index contributed by atoms with van der Waals surface area (Å²) in [5, 5.41) is 9.73. The molecule has 0 aliphatic rings. The number of rotatable bonds is 3. The van der Waals surface area contributed by atoms with Crippen LogP contribution in [0.15, 0.2) is 4.66 Å². The SMILES string of the molecule is CCC(=N[Si](C)(C)C)C(C)(C)O. The average molecular weight is 187 g/mol. The molecule has 0 radical (unpaired) electrons. The lowest BCUT2D eigenvalue weighted by Crippen LogP contribution is -2.34. The lowest BCUT2D eigenvalue weighted by Gasteiger charge is -2.23. The van der Waals surface area contributed by atoms with E-state index in [-0.39, 0.29) is 0 Å². The molecule has 0 aliphatic carbocycles. The lowest BCUT2D eigenvalue weighted by molar-refractivity contribution is 0.152. The Bertz CT molecular complexity index is 174. The van der Waals surface area contributed by atoms with Crippen molar-refractivity contribution in [3.63, 3.8) is 0 Å². The maximum Gasteiger partial charge on any atom is 0.172 e. The monoisotopic (exact) mass is 187 g/mol. The minimum atomic E-state index is -1.42. The molecule has 12 heavy (non-hydrogen) atoms. The van der Waals surface area contributed by atoms with Crippen molar-refractivity contribution in [3.05, 3.63) is 0 Å². The second kappa shape index (κ2) is 3.71. The summed E-state index contributed by atoms with van der Waals surface area (Å²) in [7, 11) is -1.42. The molecule has 0 fully saturated rings. The van der Waals surface area contributed by atoms with Crippen LogP contribution in [0.25, 0.3) is 0 Å². The third-order valence-corrected chi connectivity index (χ3v) is 2.45. The summed E-state index contributed by atoms with van der Waals surface area (Å²) in [6, 6.07) is 0. The van der Waals surface area contributed by atoms with Crippen LogP contribution in [-0.4, -0.2) is 24.7 Å². The van der Waals surface area contributed by atoms with Gasteiger partial charge in [-0.15, -0.1) is 0 Å². The molecule has 0 saturated heterocycles. The van der Waals surface area contributed by atoms with E-state index in [0.29, 0.717) is 0 Å². The van der Waals surface area contributed by atoms with Crippen molar-refractivity contribution in [2.75, 3.05) is 0 Å². The Labute approximate surface area is 76.8 Å². The first-order chi connectivity index (χ1) is 5.17. The van der Waals surface area contributed by atoms with Crippen LogP contribution in [0.1, 0.15) is 27.2 Å². The second-order valence-corrected chi connectivity index (χ2v) is 9.21. The van der Waals surface area contributed by atoms with Gasteiger partial charge in [0.2, 0.25) is 0 Å². The average Bonchev–Trinajstić information content (AvgIpc) is 1.78. The Kier molecular flexibility index (Phi) is 3.66. The number of hydrogen-bond acceptors (Lipinski definition) is 2. The van der Waals surface area contributed by atoms with E-state index in [1.807, 2.05) is 6.92 Å². The molecule has 0 bridgehead atoms. The van der Waals surface area contributed by atoms with Crippen molar-refractivity contribution in [1.82, 2.24) is 0 Å². The molecule has 0 atom stereocenters. The minimum Gasteiger partial charge on any atom is -0.385 e. The molecule has 1 N–H and O–H groups in total. The summed E-state index contributed by atoms with van der Waals surface area (Å²) in [5.41, 5.74) is 0.191. The first-order valence-corrected chi connectivity index (χ1v) is 7.93.